The lowest BCUT2D eigenvalue weighted by molar-refractivity contribution is 0.583. The highest BCUT2D eigenvalue weighted by atomic mass is 15.0. The molecular formula is C30H28N2. The quantitative estimate of drug-likeness (QED) is 0.252. The summed E-state index contributed by atoms with van der Waals surface area (Å²) in [5.74, 6) is 0. The minimum Gasteiger partial charge on any atom is -0.340 e. The first-order chi connectivity index (χ1) is 15.7. The summed E-state index contributed by atoms with van der Waals surface area (Å²) < 4.78 is 5.04. The SMILES string of the molecule is Cc1ccc2c3ccc(C)cc3n(CCCCn3c4ccccc4c4ccccc43)c2c1. The Kier molecular flexibility index (Phi) is 4.53. The molecule has 2 heterocycles. The van der Waals surface area contributed by atoms with E-state index in [9.17, 15) is 0 Å². The van der Waals surface area contributed by atoms with Crippen LogP contribution >= 0.6 is 0 Å². The molecule has 0 amide bonds. The molecule has 0 unspecified atom stereocenters. The van der Waals surface area contributed by atoms with E-state index in [1.807, 2.05) is 0 Å². The van der Waals surface area contributed by atoms with Gasteiger partial charge in [-0.2, -0.15) is 0 Å². The second kappa shape index (κ2) is 7.56. The summed E-state index contributed by atoms with van der Waals surface area (Å²) in [5.41, 5.74) is 8.06. The van der Waals surface area contributed by atoms with Crippen molar-refractivity contribution in [2.75, 3.05) is 0 Å². The van der Waals surface area contributed by atoms with E-state index in [0.29, 0.717) is 0 Å². The van der Waals surface area contributed by atoms with Crippen LogP contribution in [0.25, 0.3) is 43.6 Å². The van der Waals surface area contributed by atoms with Gasteiger partial charge in [-0.3, -0.25) is 0 Å². The minimum absolute atomic E-state index is 1.04. The monoisotopic (exact) mass is 416 g/mol. The highest BCUT2D eigenvalue weighted by Gasteiger charge is 2.12. The first-order valence-corrected chi connectivity index (χ1v) is 11.7. The van der Waals surface area contributed by atoms with E-state index in [-0.39, 0.29) is 0 Å². The number of nitrogens with zero attached hydrogens (tertiary/aromatic N) is 2. The predicted molar refractivity (Wildman–Crippen MR) is 138 cm³/mol. The summed E-state index contributed by atoms with van der Waals surface area (Å²) in [6.07, 6.45) is 2.31. The number of unbranched alkanes of at least 4 members (excludes halogenated alkanes) is 1. The summed E-state index contributed by atoms with van der Waals surface area (Å²) in [5, 5.41) is 5.45. The standard InChI is InChI=1S/C30H28N2/c1-21-13-15-25-26-16-14-22(2)20-30(26)32(29(25)19-21)18-8-7-17-31-27-11-5-3-9-23(27)24-10-4-6-12-28(24)31/h3-6,9-16,19-20H,7-8,17-18H2,1-2H3. The van der Waals surface area contributed by atoms with Crippen LogP contribution < -0.4 is 0 Å². The first-order valence-electron chi connectivity index (χ1n) is 11.7. The molecule has 0 N–H and O–H groups in total. The van der Waals surface area contributed by atoms with Crippen molar-refractivity contribution in [2.45, 2.75) is 39.8 Å². The number of benzene rings is 4. The molecule has 0 radical (unpaired) electrons. The molecule has 0 aliphatic heterocycles. The summed E-state index contributed by atoms with van der Waals surface area (Å²) in [6.45, 7) is 6.47. The van der Waals surface area contributed by atoms with E-state index in [1.54, 1.807) is 0 Å². The third-order valence-electron chi connectivity index (χ3n) is 6.87. The zero-order chi connectivity index (χ0) is 21.7. The van der Waals surface area contributed by atoms with Gasteiger partial charge in [0, 0.05) is 56.7 Å². The third kappa shape index (κ3) is 3.02. The van der Waals surface area contributed by atoms with Gasteiger partial charge < -0.3 is 9.13 Å². The van der Waals surface area contributed by atoms with Gasteiger partial charge in [0.2, 0.25) is 0 Å². The molecule has 0 spiro atoms. The fraction of sp³-hybridized carbons (Fsp3) is 0.200. The topological polar surface area (TPSA) is 9.86 Å². The lowest BCUT2D eigenvalue weighted by atomic mass is 10.1. The van der Waals surface area contributed by atoms with Crippen molar-refractivity contribution >= 4 is 43.6 Å². The van der Waals surface area contributed by atoms with Crippen molar-refractivity contribution in [1.82, 2.24) is 9.13 Å². The lowest BCUT2D eigenvalue weighted by Crippen LogP contribution is -2.02. The Balaban J connectivity index is 1.32. The Labute approximate surface area is 188 Å². The molecule has 4 aromatic carbocycles. The van der Waals surface area contributed by atoms with Crippen molar-refractivity contribution in [3.05, 3.63) is 96.1 Å². The van der Waals surface area contributed by atoms with Gasteiger partial charge in [0.25, 0.3) is 0 Å². The van der Waals surface area contributed by atoms with Crippen LogP contribution in [0.5, 0.6) is 0 Å². The molecule has 0 aliphatic rings. The van der Waals surface area contributed by atoms with Gasteiger partial charge in [0.05, 0.1) is 0 Å². The molecule has 0 saturated heterocycles. The Morgan fingerprint density at radius 2 is 0.875 bits per heavy atom. The maximum Gasteiger partial charge on any atom is 0.0494 e. The first kappa shape index (κ1) is 19.2. The number of fused-ring (bicyclic) bond motifs is 6. The summed E-state index contributed by atoms with van der Waals surface area (Å²) >= 11 is 0. The third-order valence-corrected chi connectivity index (χ3v) is 6.87. The molecule has 0 aliphatic carbocycles. The van der Waals surface area contributed by atoms with Crippen LogP contribution in [-0.4, -0.2) is 9.13 Å². The highest BCUT2D eigenvalue weighted by Crippen LogP contribution is 2.32. The molecule has 0 atom stereocenters. The van der Waals surface area contributed by atoms with Crippen molar-refractivity contribution in [3.8, 4) is 0 Å². The highest BCUT2D eigenvalue weighted by molar-refractivity contribution is 6.09. The Morgan fingerprint density at radius 1 is 0.469 bits per heavy atom. The zero-order valence-corrected chi connectivity index (χ0v) is 18.8. The predicted octanol–water partition coefficient (Wildman–Crippen LogP) is 8.00. The number of hydrogen-bond acceptors (Lipinski definition) is 0. The number of aromatic nitrogens is 2. The molecule has 0 saturated carbocycles. The fourth-order valence-corrected chi connectivity index (χ4v) is 5.34. The lowest BCUT2D eigenvalue weighted by Gasteiger charge is -2.10. The van der Waals surface area contributed by atoms with Crippen LogP contribution in [0.3, 0.4) is 0 Å². The minimum atomic E-state index is 1.04. The van der Waals surface area contributed by atoms with E-state index in [2.05, 4.69) is 108 Å². The molecule has 158 valence electrons. The smallest absolute Gasteiger partial charge is 0.0494 e. The number of hydrogen-bond donors (Lipinski definition) is 0. The molecule has 6 aromatic rings. The van der Waals surface area contributed by atoms with Crippen LogP contribution in [0.1, 0.15) is 24.0 Å². The molecular weight excluding hydrogens is 388 g/mol. The van der Waals surface area contributed by atoms with Crippen molar-refractivity contribution in [1.29, 1.82) is 0 Å². The van der Waals surface area contributed by atoms with Crippen LogP contribution in [0.4, 0.5) is 0 Å². The van der Waals surface area contributed by atoms with E-state index in [4.69, 9.17) is 0 Å². The van der Waals surface area contributed by atoms with Crippen LogP contribution in [0, 0.1) is 13.8 Å². The zero-order valence-electron chi connectivity index (χ0n) is 18.8. The Bertz CT molecular complexity index is 1480. The maximum atomic E-state index is 2.54. The molecule has 0 bridgehead atoms. The maximum absolute atomic E-state index is 2.54. The van der Waals surface area contributed by atoms with Crippen molar-refractivity contribution in [3.63, 3.8) is 0 Å². The summed E-state index contributed by atoms with van der Waals surface area (Å²) in [6, 6.07) is 31.3. The number of aryl methyl sites for hydroxylation is 4. The normalized spacial score (nSPS) is 11.9. The van der Waals surface area contributed by atoms with E-state index < -0.39 is 0 Å². The average molecular weight is 417 g/mol. The van der Waals surface area contributed by atoms with Crippen molar-refractivity contribution in [2.24, 2.45) is 0 Å². The van der Waals surface area contributed by atoms with E-state index >= 15 is 0 Å². The van der Waals surface area contributed by atoms with Crippen molar-refractivity contribution < 1.29 is 0 Å². The Morgan fingerprint density at radius 3 is 1.38 bits per heavy atom. The second-order valence-electron chi connectivity index (χ2n) is 9.09. The number of para-hydroxylation sites is 2. The molecule has 0 fully saturated rings. The van der Waals surface area contributed by atoms with Crippen LogP contribution in [-0.2, 0) is 13.1 Å². The van der Waals surface area contributed by atoms with Gasteiger partial charge in [-0.1, -0.05) is 60.7 Å². The van der Waals surface area contributed by atoms with Gasteiger partial charge in [-0.05, 0) is 62.1 Å². The molecule has 2 nitrogen and oxygen atoms in total. The van der Waals surface area contributed by atoms with Crippen LogP contribution in [0.2, 0.25) is 0 Å². The molecule has 32 heavy (non-hydrogen) atoms. The van der Waals surface area contributed by atoms with Gasteiger partial charge in [-0.25, -0.2) is 0 Å². The molecule has 6 rings (SSSR count). The van der Waals surface area contributed by atoms with Crippen LogP contribution in [0.15, 0.2) is 84.9 Å². The average Bonchev–Trinajstić information content (AvgIpc) is 3.29. The van der Waals surface area contributed by atoms with Gasteiger partial charge in [-0.15, -0.1) is 0 Å². The Hall–Kier alpha value is -3.52. The van der Waals surface area contributed by atoms with Gasteiger partial charge >= 0.3 is 0 Å². The molecule has 2 aromatic heterocycles. The van der Waals surface area contributed by atoms with Gasteiger partial charge in [0.15, 0.2) is 0 Å². The molecule has 2 heteroatoms. The largest absolute Gasteiger partial charge is 0.340 e. The van der Waals surface area contributed by atoms with Gasteiger partial charge in [0.1, 0.15) is 0 Å². The van der Waals surface area contributed by atoms with E-state index in [1.165, 1.54) is 54.7 Å². The second-order valence-corrected chi connectivity index (χ2v) is 9.09. The summed E-state index contributed by atoms with van der Waals surface area (Å²) in [4.78, 5) is 0. The van der Waals surface area contributed by atoms with E-state index in [0.717, 1.165) is 25.9 Å². The summed E-state index contributed by atoms with van der Waals surface area (Å²) in [7, 11) is 0. The number of rotatable bonds is 5. The fourth-order valence-electron chi connectivity index (χ4n) is 5.34.